The number of nitrogens with one attached hydrogen (secondary N) is 1. The van der Waals surface area contributed by atoms with Crippen molar-refractivity contribution in [3.8, 4) is 11.5 Å². The molecule has 2 aromatic rings. The van der Waals surface area contributed by atoms with Gasteiger partial charge in [-0.25, -0.2) is 4.39 Å². The monoisotopic (exact) mass is 285 g/mol. The lowest BCUT2D eigenvalue weighted by molar-refractivity contribution is 0.461. The molecule has 2 nitrogen and oxygen atoms in total. The van der Waals surface area contributed by atoms with E-state index in [9.17, 15) is 4.39 Å². The Morgan fingerprint density at radius 3 is 2.67 bits per heavy atom. The predicted molar refractivity (Wildman–Crippen MR) is 82.3 cm³/mol. The summed E-state index contributed by atoms with van der Waals surface area (Å²) in [5, 5.41) is 3.34. The van der Waals surface area contributed by atoms with Crippen molar-refractivity contribution in [2.45, 2.75) is 39.3 Å². The molecule has 110 valence electrons. The molecule has 1 aliphatic rings. The Bertz CT molecular complexity index is 650. The molecule has 1 N–H and O–H groups in total. The summed E-state index contributed by atoms with van der Waals surface area (Å²) in [6.45, 7) is 4.62. The van der Waals surface area contributed by atoms with Crippen molar-refractivity contribution in [2.75, 3.05) is 0 Å². The summed E-state index contributed by atoms with van der Waals surface area (Å²) < 4.78 is 19.9. The van der Waals surface area contributed by atoms with E-state index < -0.39 is 0 Å². The van der Waals surface area contributed by atoms with Crippen LogP contribution in [0.3, 0.4) is 0 Å². The van der Waals surface area contributed by atoms with Crippen LogP contribution in [0.4, 0.5) is 4.39 Å². The Labute approximate surface area is 125 Å². The Hall–Kier alpha value is -1.87. The van der Waals surface area contributed by atoms with E-state index in [1.54, 1.807) is 6.07 Å². The van der Waals surface area contributed by atoms with Crippen LogP contribution in [-0.2, 0) is 6.54 Å². The second-order valence-corrected chi connectivity index (χ2v) is 5.72. The molecule has 1 aliphatic carbocycles. The molecule has 0 amide bonds. The summed E-state index contributed by atoms with van der Waals surface area (Å²) in [5.41, 5.74) is 2.99. The van der Waals surface area contributed by atoms with Crippen LogP contribution < -0.4 is 10.1 Å². The third-order valence-corrected chi connectivity index (χ3v) is 3.93. The van der Waals surface area contributed by atoms with Crippen LogP contribution in [0.1, 0.15) is 29.5 Å². The number of aryl methyl sites for hydroxylation is 2. The Morgan fingerprint density at radius 2 is 1.95 bits per heavy atom. The van der Waals surface area contributed by atoms with Gasteiger partial charge in [0.15, 0.2) is 0 Å². The molecule has 0 heterocycles. The van der Waals surface area contributed by atoms with Crippen molar-refractivity contribution in [1.29, 1.82) is 0 Å². The van der Waals surface area contributed by atoms with Crippen LogP contribution in [-0.4, -0.2) is 6.04 Å². The van der Waals surface area contributed by atoms with Crippen LogP contribution in [0.25, 0.3) is 0 Å². The summed E-state index contributed by atoms with van der Waals surface area (Å²) in [6.07, 6.45) is 2.36. The average molecular weight is 285 g/mol. The molecule has 2 aromatic carbocycles. The van der Waals surface area contributed by atoms with Gasteiger partial charge in [0.1, 0.15) is 17.3 Å². The molecule has 1 saturated carbocycles. The van der Waals surface area contributed by atoms with E-state index in [0.717, 1.165) is 5.75 Å². The fraction of sp³-hybridized carbons (Fsp3) is 0.333. The molecule has 0 radical (unpaired) electrons. The Balaban J connectivity index is 1.82. The van der Waals surface area contributed by atoms with Crippen molar-refractivity contribution >= 4 is 0 Å². The zero-order valence-electron chi connectivity index (χ0n) is 12.4. The van der Waals surface area contributed by atoms with E-state index in [2.05, 4.69) is 12.2 Å². The Kier molecular flexibility index (Phi) is 3.93. The van der Waals surface area contributed by atoms with Gasteiger partial charge in [-0.3, -0.25) is 0 Å². The lowest BCUT2D eigenvalue weighted by Gasteiger charge is -2.13. The van der Waals surface area contributed by atoms with Crippen molar-refractivity contribution < 1.29 is 9.13 Å². The second kappa shape index (κ2) is 5.86. The van der Waals surface area contributed by atoms with Gasteiger partial charge < -0.3 is 10.1 Å². The molecule has 0 aromatic heterocycles. The zero-order chi connectivity index (χ0) is 14.8. The zero-order valence-corrected chi connectivity index (χ0v) is 12.4. The third kappa shape index (κ3) is 3.42. The first-order valence-corrected chi connectivity index (χ1v) is 7.39. The van der Waals surface area contributed by atoms with Crippen molar-refractivity contribution in [2.24, 2.45) is 0 Å². The van der Waals surface area contributed by atoms with Gasteiger partial charge in [-0.15, -0.1) is 0 Å². The lowest BCUT2D eigenvalue weighted by atomic mass is 10.1. The van der Waals surface area contributed by atoms with Gasteiger partial charge in [-0.2, -0.15) is 0 Å². The van der Waals surface area contributed by atoms with Gasteiger partial charge in [0.05, 0.1) is 0 Å². The minimum absolute atomic E-state index is 0.218. The molecule has 0 atom stereocenters. The number of halogens is 1. The summed E-state index contributed by atoms with van der Waals surface area (Å²) >= 11 is 0. The summed E-state index contributed by atoms with van der Waals surface area (Å²) in [7, 11) is 0. The standard InChI is InChI=1S/C18H20FNO/c1-12-6-9-15(10-13(12)2)21-18-5-3-4-17(19)16(18)11-20-14-7-8-14/h3-6,9-10,14,20H,7-8,11H2,1-2H3. The Morgan fingerprint density at radius 1 is 1.14 bits per heavy atom. The first-order valence-electron chi connectivity index (χ1n) is 7.39. The topological polar surface area (TPSA) is 21.3 Å². The highest BCUT2D eigenvalue weighted by Crippen LogP contribution is 2.29. The van der Waals surface area contributed by atoms with E-state index in [1.165, 1.54) is 30.0 Å². The van der Waals surface area contributed by atoms with E-state index in [1.807, 2.05) is 31.2 Å². The van der Waals surface area contributed by atoms with E-state index in [-0.39, 0.29) is 5.82 Å². The van der Waals surface area contributed by atoms with Crippen LogP contribution in [0.5, 0.6) is 11.5 Å². The molecule has 0 aliphatic heterocycles. The van der Waals surface area contributed by atoms with Crippen molar-refractivity contribution in [3.05, 3.63) is 58.9 Å². The maximum atomic E-state index is 14.0. The third-order valence-electron chi connectivity index (χ3n) is 3.93. The SMILES string of the molecule is Cc1ccc(Oc2cccc(F)c2CNC2CC2)cc1C. The maximum Gasteiger partial charge on any atom is 0.134 e. The summed E-state index contributed by atoms with van der Waals surface area (Å²) in [4.78, 5) is 0. The highest BCUT2D eigenvalue weighted by molar-refractivity contribution is 5.41. The fourth-order valence-electron chi connectivity index (χ4n) is 2.24. The minimum atomic E-state index is -0.218. The fourth-order valence-corrected chi connectivity index (χ4v) is 2.24. The molecular weight excluding hydrogens is 265 g/mol. The van der Waals surface area contributed by atoms with Crippen molar-refractivity contribution in [1.82, 2.24) is 5.32 Å². The van der Waals surface area contributed by atoms with E-state index in [4.69, 9.17) is 4.74 Å². The number of hydrogen-bond acceptors (Lipinski definition) is 2. The van der Waals surface area contributed by atoms with E-state index in [0.29, 0.717) is 23.9 Å². The molecular formula is C18H20FNO. The molecule has 3 rings (SSSR count). The average Bonchev–Trinajstić information content (AvgIpc) is 3.26. The second-order valence-electron chi connectivity index (χ2n) is 5.72. The maximum absolute atomic E-state index is 14.0. The number of benzene rings is 2. The van der Waals surface area contributed by atoms with E-state index >= 15 is 0 Å². The van der Waals surface area contributed by atoms with Gasteiger partial charge in [0, 0.05) is 18.2 Å². The van der Waals surface area contributed by atoms with Gasteiger partial charge >= 0.3 is 0 Å². The molecule has 0 saturated heterocycles. The van der Waals surface area contributed by atoms with Crippen LogP contribution in [0, 0.1) is 19.7 Å². The summed E-state index contributed by atoms with van der Waals surface area (Å²) in [5.74, 6) is 1.12. The first kappa shape index (κ1) is 14.1. The highest BCUT2D eigenvalue weighted by Gasteiger charge is 2.21. The predicted octanol–water partition coefficient (Wildman–Crippen LogP) is 4.49. The number of ether oxygens (including phenoxy) is 1. The quantitative estimate of drug-likeness (QED) is 0.874. The normalized spacial score (nSPS) is 14.2. The van der Waals surface area contributed by atoms with Gasteiger partial charge in [0.25, 0.3) is 0 Å². The molecule has 3 heteroatoms. The minimum Gasteiger partial charge on any atom is -0.457 e. The highest BCUT2D eigenvalue weighted by atomic mass is 19.1. The van der Waals surface area contributed by atoms with Gasteiger partial charge in [-0.05, 0) is 62.1 Å². The lowest BCUT2D eigenvalue weighted by Crippen LogP contribution is -2.16. The smallest absolute Gasteiger partial charge is 0.134 e. The molecule has 0 unspecified atom stereocenters. The first-order chi connectivity index (χ1) is 10.1. The molecule has 1 fully saturated rings. The summed E-state index contributed by atoms with van der Waals surface area (Å²) in [6, 6.07) is 11.5. The van der Waals surface area contributed by atoms with Gasteiger partial charge in [-0.1, -0.05) is 12.1 Å². The number of rotatable bonds is 5. The van der Waals surface area contributed by atoms with Crippen LogP contribution in [0.15, 0.2) is 36.4 Å². The molecule has 0 spiro atoms. The van der Waals surface area contributed by atoms with Crippen molar-refractivity contribution in [3.63, 3.8) is 0 Å². The molecule has 0 bridgehead atoms. The van der Waals surface area contributed by atoms with Crippen LogP contribution >= 0.6 is 0 Å². The molecule has 21 heavy (non-hydrogen) atoms. The van der Waals surface area contributed by atoms with Gasteiger partial charge in [0.2, 0.25) is 0 Å². The number of hydrogen-bond donors (Lipinski definition) is 1. The van der Waals surface area contributed by atoms with Crippen LogP contribution in [0.2, 0.25) is 0 Å². The largest absolute Gasteiger partial charge is 0.457 e.